The zero-order valence-electron chi connectivity index (χ0n) is 16.1. The molecule has 0 bridgehead atoms. The molecule has 0 spiro atoms. The summed E-state index contributed by atoms with van der Waals surface area (Å²) in [5, 5.41) is 3.30. The number of likely N-dealkylation sites (tertiary alicyclic amines) is 1. The Labute approximate surface area is 159 Å². The Morgan fingerprint density at radius 3 is 2.48 bits per heavy atom. The van der Waals surface area contributed by atoms with Crippen molar-refractivity contribution >= 4 is 17.6 Å². The SMILES string of the molecule is Cc1cc(=O)n2c(n1)NC(N1CCCCC1)=N[C@@H]2c1ccc(N(C)C)cc1. The first-order valence-corrected chi connectivity index (χ1v) is 9.50. The number of nitrogens with one attached hydrogen (secondary N) is 1. The summed E-state index contributed by atoms with van der Waals surface area (Å²) in [5.74, 6) is 1.38. The van der Waals surface area contributed by atoms with Gasteiger partial charge >= 0.3 is 0 Å². The van der Waals surface area contributed by atoms with Crippen LogP contribution >= 0.6 is 0 Å². The summed E-state index contributed by atoms with van der Waals surface area (Å²) in [6, 6.07) is 9.75. The molecule has 1 saturated heterocycles. The predicted octanol–water partition coefficient (Wildman–Crippen LogP) is 2.43. The topological polar surface area (TPSA) is 65.8 Å². The molecule has 2 aliphatic heterocycles. The van der Waals surface area contributed by atoms with Crippen molar-refractivity contribution in [2.24, 2.45) is 4.99 Å². The number of anilines is 2. The van der Waals surface area contributed by atoms with Crippen molar-refractivity contribution in [3.05, 3.63) is 51.9 Å². The summed E-state index contributed by atoms with van der Waals surface area (Å²) in [7, 11) is 4.03. The van der Waals surface area contributed by atoms with E-state index in [1.165, 1.54) is 6.42 Å². The van der Waals surface area contributed by atoms with Gasteiger partial charge in [0.05, 0.1) is 0 Å². The number of aryl methyl sites for hydroxylation is 1. The van der Waals surface area contributed by atoms with Crippen LogP contribution in [0.15, 0.2) is 40.1 Å². The Bertz CT molecular complexity index is 909. The second kappa shape index (κ2) is 7.06. The maximum atomic E-state index is 12.7. The highest BCUT2D eigenvalue weighted by Gasteiger charge is 2.28. The fourth-order valence-corrected chi connectivity index (χ4v) is 3.67. The second-order valence-corrected chi connectivity index (χ2v) is 7.41. The zero-order valence-corrected chi connectivity index (χ0v) is 16.1. The van der Waals surface area contributed by atoms with E-state index in [0.717, 1.165) is 43.1 Å². The van der Waals surface area contributed by atoms with Crippen molar-refractivity contribution in [1.29, 1.82) is 0 Å². The van der Waals surface area contributed by atoms with Gasteiger partial charge in [-0.25, -0.2) is 9.98 Å². The Kier molecular flexibility index (Phi) is 4.59. The Balaban J connectivity index is 1.79. The number of piperidine rings is 1. The lowest BCUT2D eigenvalue weighted by Gasteiger charge is -2.34. The molecule has 7 nitrogen and oxygen atoms in total. The molecule has 0 radical (unpaired) electrons. The highest BCUT2D eigenvalue weighted by Crippen LogP contribution is 2.28. The lowest BCUT2D eigenvalue weighted by Crippen LogP contribution is -2.45. The van der Waals surface area contributed by atoms with Gasteiger partial charge in [0.2, 0.25) is 11.9 Å². The number of hydrogen-bond donors (Lipinski definition) is 1. The third-order valence-corrected chi connectivity index (χ3v) is 5.16. The average molecular weight is 366 g/mol. The molecule has 0 unspecified atom stereocenters. The molecule has 1 fully saturated rings. The van der Waals surface area contributed by atoms with E-state index in [2.05, 4.69) is 32.2 Å². The number of aromatic nitrogens is 2. The molecule has 2 aromatic rings. The lowest BCUT2D eigenvalue weighted by molar-refractivity contribution is 0.335. The van der Waals surface area contributed by atoms with Gasteiger partial charge in [-0.2, -0.15) is 0 Å². The van der Waals surface area contributed by atoms with Gasteiger partial charge in [-0.1, -0.05) is 12.1 Å². The van der Waals surface area contributed by atoms with Gasteiger partial charge < -0.3 is 9.80 Å². The third-order valence-electron chi connectivity index (χ3n) is 5.16. The number of guanidine groups is 1. The highest BCUT2D eigenvalue weighted by molar-refractivity contribution is 5.93. The first kappa shape index (κ1) is 17.6. The molecule has 0 saturated carbocycles. The average Bonchev–Trinajstić information content (AvgIpc) is 2.67. The molecule has 2 aliphatic rings. The number of hydrogen-bond acceptors (Lipinski definition) is 6. The van der Waals surface area contributed by atoms with E-state index in [0.29, 0.717) is 11.6 Å². The van der Waals surface area contributed by atoms with Gasteiger partial charge in [0.25, 0.3) is 5.56 Å². The van der Waals surface area contributed by atoms with Crippen LogP contribution in [0.4, 0.5) is 11.6 Å². The van der Waals surface area contributed by atoms with Crippen LogP contribution in [0, 0.1) is 6.92 Å². The van der Waals surface area contributed by atoms with Gasteiger partial charge in [-0.15, -0.1) is 0 Å². The number of fused-ring (bicyclic) bond motifs is 1. The summed E-state index contributed by atoms with van der Waals surface area (Å²) in [6.07, 6.45) is 3.18. The van der Waals surface area contributed by atoms with Crippen molar-refractivity contribution in [3.8, 4) is 0 Å². The Hall–Kier alpha value is -2.83. The van der Waals surface area contributed by atoms with Gasteiger partial charge in [-0.3, -0.25) is 14.7 Å². The molecule has 4 rings (SSSR count). The predicted molar refractivity (Wildman–Crippen MR) is 109 cm³/mol. The van der Waals surface area contributed by atoms with Crippen LogP contribution in [-0.4, -0.2) is 47.6 Å². The van der Waals surface area contributed by atoms with E-state index >= 15 is 0 Å². The Morgan fingerprint density at radius 1 is 1.11 bits per heavy atom. The van der Waals surface area contributed by atoms with E-state index in [4.69, 9.17) is 4.99 Å². The molecule has 27 heavy (non-hydrogen) atoms. The van der Waals surface area contributed by atoms with E-state index in [1.807, 2.05) is 33.2 Å². The molecule has 0 amide bonds. The lowest BCUT2D eigenvalue weighted by atomic mass is 10.1. The first-order valence-electron chi connectivity index (χ1n) is 9.50. The van der Waals surface area contributed by atoms with Gasteiger partial charge in [0.15, 0.2) is 6.17 Å². The number of rotatable bonds is 2. The second-order valence-electron chi connectivity index (χ2n) is 7.41. The fourth-order valence-electron chi connectivity index (χ4n) is 3.67. The maximum absolute atomic E-state index is 12.7. The van der Waals surface area contributed by atoms with Gasteiger partial charge in [0, 0.05) is 44.6 Å². The van der Waals surface area contributed by atoms with E-state index in [1.54, 1.807) is 10.6 Å². The minimum atomic E-state index is -0.407. The van der Waals surface area contributed by atoms with Crippen LogP contribution in [0.3, 0.4) is 0 Å². The standard InChI is InChI=1S/C20H26N6O/c1-14-13-17(27)26-18(15-7-9-16(10-8-15)24(2)3)22-19(23-20(26)21-14)25-11-5-4-6-12-25/h7-10,13,18H,4-6,11-12H2,1-3H3,(H,21,22,23)/t18-/m0/s1. The van der Waals surface area contributed by atoms with E-state index in [-0.39, 0.29) is 5.56 Å². The smallest absolute Gasteiger partial charge is 0.257 e. The first-order chi connectivity index (χ1) is 13.0. The normalized spacial score (nSPS) is 19.1. The zero-order chi connectivity index (χ0) is 19.0. The van der Waals surface area contributed by atoms with Crippen LogP contribution < -0.4 is 15.8 Å². The largest absolute Gasteiger partial charge is 0.378 e. The fraction of sp³-hybridized carbons (Fsp3) is 0.450. The summed E-state index contributed by atoms with van der Waals surface area (Å²) in [5.41, 5.74) is 2.71. The molecule has 142 valence electrons. The molecule has 1 N–H and O–H groups in total. The summed E-state index contributed by atoms with van der Waals surface area (Å²) < 4.78 is 1.64. The van der Waals surface area contributed by atoms with Gasteiger partial charge in [0.1, 0.15) is 0 Å². The van der Waals surface area contributed by atoms with Crippen molar-refractivity contribution in [2.45, 2.75) is 32.4 Å². The summed E-state index contributed by atoms with van der Waals surface area (Å²) >= 11 is 0. The minimum Gasteiger partial charge on any atom is -0.378 e. The van der Waals surface area contributed by atoms with Crippen LogP contribution in [0.5, 0.6) is 0 Å². The molecule has 7 heteroatoms. The highest BCUT2D eigenvalue weighted by atomic mass is 16.1. The van der Waals surface area contributed by atoms with E-state index in [9.17, 15) is 4.79 Å². The van der Waals surface area contributed by atoms with Gasteiger partial charge in [-0.05, 0) is 43.9 Å². The molecule has 1 atom stereocenters. The van der Waals surface area contributed by atoms with Crippen LogP contribution in [0.2, 0.25) is 0 Å². The van der Waals surface area contributed by atoms with Crippen molar-refractivity contribution in [3.63, 3.8) is 0 Å². The number of aliphatic imine (C=N–C) groups is 1. The van der Waals surface area contributed by atoms with Crippen LogP contribution in [0.25, 0.3) is 0 Å². The molecule has 1 aromatic carbocycles. The van der Waals surface area contributed by atoms with Crippen molar-refractivity contribution < 1.29 is 0 Å². The molecular formula is C20H26N6O. The molecule has 1 aromatic heterocycles. The van der Waals surface area contributed by atoms with Crippen LogP contribution in [0.1, 0.15) is 36.7 Å². The summed E-state index contributed by atoms with van der Waals surface area (Å²) in [6.45, 7) is 3.81. The van der Waals surface area contributed by atoms with Crippen LogP contribution in [-0.2, 0) is 0 Å². The number of nitrogens with zero attached hydrogens (tertiary/aromatic N) is 5. The molecule has 0 aliphatic carbocycles. The Morgan fingerprint density at radius 2 is 1.81 bits per heavy atom. The molecule has 3 heterocycles. The molecular weight excluding hydrogens is 340 g/mol. The quantitative estimate of drug-likeness (QED) is 0.884. The van der Waals surface area contributed by atoms with Crippen molar-refractivity contribution in [2.75, 3.05) is 37.4 Å². The third kappa shape index (κ3) is 3.41. The number of benzene rings is 1. The van der Waals surface area contributed by atoms with Crippen molar-refractivity contribution in [1.82, 2.24) is 14.5 Å². The summed E-state index contributed by atoms with van der Waals surface area (Å²) in [4.78, 5) is 26.5. The monoisotopic (exact) mass is 366 g/mol. The minimum absolute atomic E-state index is 0.0897. The maximum Gasteiger partial charge on any atom is 0.257 e. The van der Waals surface area contributed by atoms with E-state index < -0.39 is 6.17 Å².